The Labute approximate surface area is 565 Å². The summed E-state index contributed by atoms with van der Waals surface area (Å²) >= 11 is 0. The maximum atomic E-state index is 2.66. The van der Waals surface area contributed by atoms with Crippen molar-refractivity contribution >= 4 is 132 Å². The summed E-state index contributed by atoms with van der Waals surface area (Å²) in [5.74, 6) is 0. The summed E-state index contributed by atoms with van der Waals surface area (Å²) < 4.78 is 0. The number of nitrogens with zero attached hydrogens (tertiary/aromatic N) is 3. The molecule has 2 aliphatic rings. The first kappa shape index (κ1) is 58.1. The molecule has 0 aliphatic carbocycles. The minimum absolute atomic E-state index is 0.221. The lowest BCUT2D eigenvalue weighted by atomic mass is 9.33. The van der Waals surface area contributed by atoms with Crippen LogP contribution in [-0.4, -0.2) is 22.9 Å². The Kier molecular flexibility index (Phi) is 15.1. The number of hydrogen-bond donors (Lipinski definition) is 0. The van der Waals surface area contributed by atoms with Crippen LogP contribution in [0.2, 0.25) is 0 Å². The fraction of sp³-hybridized carbons (Fsp3) is 0. The third-order valence-corrected chi connectivity index (χ3v) is 29.4. The topological polar surface area (TPSA) is 9.72 Å². The first-order valence-corrected chi connectivity index (χ1v) is 37.3. The molecule has 0 fully saturated rings. The van der Waals surface area contributed by atoms with Crippen LogP contribution in [0.25, 0.3) is 22.3 Å². The molecule has 0 saturated heterocycles. The molecule has 0 radical (unpaired) electrons. The van der Waals surface area contributed by atoms with Gasteiger partial charge in [-0.2, -0.15) is 0 Å². The highest BCUT2D eigenvalue weighted by atomic mass is 28.3. The second-order valence-electron chi connectivity index (χ2n) is 25.1. The number of hydrogen-bond acceptors (Lipinski definition) is 3. The normalized spacial score (nSPS) is 12.3. The van der Waals surface area contributed by atoms with Gasteiger partial charge in [0.1, 0.15) is 0 Å². The van der Waals surface area contributed by atoms with Gasteiger partial charge in [0.25, 0.3) is 6.71 Å². The van der Waals surface area contributed by atoms with Gasteiger partial charge in [0.2, 0.25) is 0 Å². The number of anilines is 9. The van der Waals surface area contributed by atoms with E-state index in [2.05, 4.69) is 415 Å². The first-order chi connectivity index (χ1) is 47.7. The van der Waals surface area contributed by atoms with Crippen molar-refractivity contribution in [3.05, 3.63) is 400 Å². The van der Waals surface area contributed by atoms with Crippen molar-refractivity contribution in [1.82, 2.24) is 0 Å². The predicted octanol–water partition coefficient (Wildman–Crippen LogP) is 15.3. The maximum Gasteiger partial charge on any atom is 0.252 e. The Hall–Kier alpha value is -11.8. The van der Waals surface area contributed by atoms with Crippen LogP contribution in [0.5, 0.6) is 0 Å². The summed E-state index contributed by atoms with van der Waals surface area (Å²) in [6.07, 6.45) is 0. The molecule has 15 aromatic carbocycles. The molecule has 0 bridgehead atoms. The lowest BCUT2D eigenvalue weighted by molar-refractivity contribution is 1.23. The van der Waals surface area contributed by atoms with Gasteiger partial charge in [-0.1, -0.05) is 334 Å². The maximum absolute atomic E-state index is 3.12. The van der Waals surface area contributed by atoms with E-state index in [1.165, 1.54) is 69.0 Å². The van der Waals surface area contributed by atoms with E-state index in [4.69, 9.17) is 0 Å². The summed E-state index contributed by atoms with van der Waals surface area (Å²) in [5, 5.41) is 10.6. The Balaban J connectivity index is 1.02. The smallest absolute Gasteiger partial charge is 0.252 e. The average molecular weight is 1260 g/mol. The quantitative estimate of drug-likeness (QED) is 0.0748. The van der Waals surface area contributed by atoms with Crippen LogP contribution in [-0.2, 0) is 0 Å². The van der Waals surface area contributed by atoms with E-state index >= 15 is 0 Å². The summed E-state index contributed by atoms with van der Waals surface area (Å²) in [6, 6.07) is 151. The molecule has 0 N–H and O–H groups in total. The monoisotopic (exact) mass is 1260 g/mol. The zero-order valence-corrected chi connectivity index (χ0v) is 55.0. The van der Waals surface area contributed by atoms with Crippen LogP contribution < -0.4 is 72.6 Å². The Morgan fingerprint density at radius 3 is 1.09 bits per heavy atom. The van der Waals surface area contributed by atoms with Gasteiger partial charge in [-0.15, -0.1) is 0 Å². The molecule has 6 heteroatoms. The van der Waals surface area contributed by atoms with Crippen molar-refractivity contribution in [3.8, 4) is 22.3 Å². The van der Waals surface area contributed by atoms with E-state index in [0.29, 0.717) is 0 Å². The van der Waals surface area contributed by atoms with E-state index in [0.717, 1.165) is 62.3 Å². The first-order valence-electron chi connectivity index (χ1n) is 33.3. The lowest BCUT2D eigenvalue weighted by Gasteiger charge is -2.46. The standard InChI is InChI=1S/C90H66BN3Si2/c1-11-34-67(35-12-1)69-58-61-86-84(62-69)91-83-60-59-81(96(77-49-25-8-26-50-77,78-51-27-9-28-52-78)79-53-29-10-30-54-79)66-87(83)94(85-57-32-31-56-82(85)68-36-13-2-14-37-68)89-65-73(92(70-38-15-3-16-39-70)71-40-17-4-18-41-71)64-88(90(89)91)93(86)72-42-33-55-80(63-72)95(74-43-19-5-20-44-74,75-45-21-6-22-46-75)76-47-23-7-24-48-76/h1-66H. The molecule has 0 spiro atoms. The second kappa shape index (κ2) is 24.9. The van der Waals surface area contributed by atoms with Gasteiger partial charge in [-0.05, 0) is 141 Å². The van der Waals surface area contributed by atoms with E-state index in [9.17, 15) is 0 Å². The minimum atomic E-state index is -3.12. The fourth-order valence-corrected chi connectivity index (χ4v) is 25.4. The van der Waals surface area contributed by atoms with Crippen molar-refractivity contribution in [2.45, 2.75) is 0 Å². The average Bonchev–Trinajstić information content (AvgIpc) is 0.690. The molecule has 0 aromatic heterocycles. The van der Waals surface area contributed by atoms with Crippen LogP contribution in [0.15, 0.2) is 400 Å². The molecule has 0 saturated carbocycles. The van der Waals surface area contributed by atoms with Crippen molar-refractivity contribution in [2.24, 2.45) is 0 Å². The zero-order valence-electron chi connectivity index (χ0n) is 53.0. The summed E-state index contributed by atoms with van der Waals surface area (Å²) in [6.45, 7) is -0.221. The van der Waals surface area contributed by atoms with Crippen molar-refractivity contribution in [2.75, 3.05) is 14.7 Å². The number of benzene rings is 15. The molecule has 2 heterocycles. The molecule has 452 valence electrons. The summed E-state index contributed by atoms with van der Waals surface area (Å²) in [7, 11) is -6.16. The molecule has 0 atom stereocenters. The number of para-hydroxylation sites is 3. The van der Waals surface area contributed by atoms with Crippen LogP contribution in [0.4, 0.5) is 51.2 Å². The molecule has 0 unspecified atom stereocenters. The van der Waals surface area contributed by atoms with Gasteiger partial charge in [0, 0.05) is 45.4 Å². The number of fused-ring (bicyclic) bond motifs is 4. The minimum Gasteiger partial charge on any atom is -0.311 e. The van der Waals surface area contributed by atoms with Crippen molar-refractivity contribution in [1.29, 1.82) is 0 Å². The van der Waals surface area contributed by atoms with Gasteiger partial charge in [0.15, 0.2) is 16.1 Å². The van der Waals surface area contributed by atoms with Gasteiger partial charge in [-0.25, -0.2) is 0 Å². The van der Waals surface area contributed by atoms with Crippen LogP contribution in [0.1, 0.15) is 0 Å². The fourth-order valence-electron chi connectivity index (χ4n) is 15.8. The summed E-state index contributed by atoms with van der Waals surface area (Å²) in [5.41, 5.74) is 18.2. The number of rotatable bonds is 15. The van der Waals surface area contributed by atoms with Crippen LogP contribution in [0.3, 0.4) is 0 Å². The van der Waals surface area contributed by atoms with Crippen LogP contribution >= 0.6 is 0 Å². The van der Waals surface area contributed by atoms with E-state index in [1.807, 2.05) is 0 Å². The van der Waals surface area contributed by atoms with Gasteiger partial charge in [-0.3, -0.25) is 0 Å². The Morgan fingerprint density at radius 2 is 0.615 bits per heavy atom. The molecule has 0 amide bonds. The highest BCUT2D eigenvalue weighted by molar-refractivity contribution is 7.20. The van der Waals surface area contributed by atoms with E-state index in [1.54, 1.807) is 0 Å². The molecule has 2 aliphatic heterocycles. The third-order valence-electron chi connectivity index (χ3n) is 19.9. The molecule has 17 rings (SSSR count). The van der Waals surface area contributed by atoms with Gasteiger partial charge in [0.05, 0.1) is 11.4 Å². The molecule has 15 aromatic rings. The van der Waals surface area contributed by atoms with Gasteiger partial charge < -0.3 is 14.7 Å². The Bertz CT molecular complexity index is 5000. The highest BCUT2D eigenvalue weighted by Crippen LogP contribution is 2.50. The van der Waals surface area contributed by atoms with E-state index < -0.39 is 16.1 Å². The van der Waals surface area contributed by atoms with Crippen molar-refractivity contribution < 1.29 is 0 Å². The van der Waals surface area contributed by atoms with Gasteiger partial charge >= 0.3 is 0 Å². The summed E-state index contributed by atoms with van der Waals surface area (Å²) in [4.78, 5) is 7.74. The lowest BCUT2D eigenvalue weighted by Crippen LogP contribution is -2.75. The Morgan fingerprint density at radius 1 is 0.219 bits per heavy atom. The molecular weight excluding hydrogens is 1190 g/mol. The largest absolute Gasteiger partial charge is 0.311 e. The molecule has 3 nitrogen and oxygen atoms in total. The van der Waals surface area contributed by atoms with Crippen molar-refractivity contribution in [3.63, 3.8) is 0 Å². The second-order valence-corrected chi connectivity index (χ2v) is 32.7. The predicted molar refractivity (Wildman–Crippen MR) is 413 cm³/mol. The van der Waals surface area contributed by atoms with Crippen LogP contribution in [0, 0.1) is 0 Å². The third kappa shape index (κ3) is 9.80. The SMILES string of the molecule is c1ccc(-c2ccc3c(c2)B2c4ccc([Si](c5ccccc5)(c5ccccc5)c5ccccc5)cc4N(c4ccccc4-c4ccccc4)c4cc(N(c5ccccc5)c5ccccc5)cc(c42)N3c2cccc([Si](c3ccccc3)(c3ccccc3)c3ccccc3)c2)cc1. The zero-order chi connectivity index (χ0) is 63.8. The van der Waals surface area contributed by atoms with E-state index in [-0.39, 0.29) is 6.71 Å². The highest BCUT2D eigenvalue weighted by Gasteiger charge is 2.48. The molecule has 96 heavy (non-hydrogen) atoms. The molecular formula is C90H66BN3Si2.